The molecule has 0 radical (unpaired) electrons. The fourth-order valence-electron chi connectivity index (χ4n) is 1.44. The maximum atomic E-state index is 12.8. The summed E-state index contributed by atoms with van der Waals surface area (Å²) in [5.41, 5.74) is 0.866. The first-order valence-electron chi connectivity index (χ1n) is 4.67. The Labute approximate surface area is 92.1 Å². The van der Waals surface area contributed by atoms with Gasteiger partial charge in [0, 0.05) is 6.92 Å². The molecule has 1 rings (SSSR count). The summed E-state index contributed by atoms with van der Waals surface area (Å²) < 4.78 is 12.8. The highest BCUT2D eigenvalue weighted by atomic mass is 19.1. The Morgan fingerprint density at radius 2 is 2.06 bits per heavy atom. The SMILES string of the molecule is CC(=O)NC(C(=O)O)c1ccc(F)cc1C. The van der Waals surface area contributed by atoms with E-state index in [0.717, 1.165) is 0 Å². The van der Waals surface area contributed by atoms with E-state index in [2.05, 4.69) is 5.32 Å². The molecular weight excluding hydrogens is 213 g/mol. The normalized spacial score (nSPS) is 11.9. The number of carbonyl (C=O) groups excluding carboxylic acids is 1. The number of aliphatic carboxylic acids is 1. The van der Waals surface area contributed by atoms with Crippen LogP contribution in [0.2, 0.25) is 0 Å². The average Bonchev–Trinajstić information content (AvgIpc) is 2.14. The third-order valence-corrected chi connectivity index (χ3v) is 2.14. The van der Waals surface area contributed by atoms with Crippen LogP contribution in [0.25, 0.3) is 0 Å². The molecule has 0 aliphatic rings. The summed E-state index contributed by atoms with van der Waals surface area (Å²) in [5, 5.41) is 11.3. The fraction of sp³-hybridized carbons (Fsp3) is 0.273. The number of carbonyl (C=O) groups is 2. The molecule has 0 saturated carbocycles. The molecule has 0 aliphatic heterocycles. The summed E-state index contributed by atoms with van der Waals surface area (Å²) in [7, 11) is 0. The van der Waals surface area contributed by atoms with Crippen molar-refractivity contribution in [2.45, 2.75) is 19.9 Å². The topological polar surface area (TPSA) is 66.4 Å². The second-order valence-electron chi connectivity index (χ2n) is 3.47. The monoisotopic (exact) mass is 225 g/mol. The highest BCUT2D eigenvalue weighted by Gasteiger charge is 2.22. The van der Waals surface area contributed by atoms with Gasteiger partial charge in [0.2, 0.25) is 5.91 Å². The standard InChI is InChI=1S/C11H12FNO3/c1-6-5-8(12)3-4-9(6)10(11(15)16)13-7(2)14/h3-5,10H,1-2H3,(H,13,14)(H,15,16). The van der Waals surface area contributed by atoms with Crippen LogP contribution in [0.3, 0.4) is 0 Å². The van der Waals surface area contributed by atoms with Gasteiger partial charge in [0.05, 0.1) is 0 Å². The van der Waals surface area contributed by atoms with Crippen molar-refractivity contribution in [3.8, 4) is 0 Å². The summed E-state index contributed by atoms with van der Waals surface area (Å²) >= 11 is 0. The zero-order chi connectivity index (χ0) is 12.3. The van der Waals surface area contributed by atoms with E-state index >= 15 is 0 Å². The molecule has 0 heterocycles. The van der Waals surface area contributed by atoms with Gasteiger partial charge in [0.1, 0.15) is 5.82 Å². The van der Waals surface area contributed by atoms with Gasteiger partial charge in [-0.3, -0.25) is 4.79 Å². The lowest BCUT2D eigenvalue weighted by molar-refractivity contribution is -0.141. The van der Waals surface area contributed by atoms with Crippen molar-refractivity contribution >= 4 is 11.9 Å². The van der Waals surface area contributed by atoms with E-state index in [0.29, 0.717) is 11.1 Å². The van der Waals surface area contributed by atoms with E-state index < -0.39 is 23.7 Å². The first-order valence-corrected chi connectivity index (χ1v) is 4.67. The second-order valence-corrected chi connectivity index (χ2v) is 3.47. The molecule has 5 heteroatoms. The Hall–Kier alpha value is -1.91. The van der Waals surface area contributed by atoms with Crippen LogP contribution < -0.4 is 5.32 Å². The average molecular weight is 225 g/mol. The van der Waals surface area contributed by atoms with E-state index in [1.165, 1.54) is 25.1 Å². The van der Waals surface area contributed by atoms with Crippen molar-refractivity contribution in [2.75, 3.05) is 0 Å². The van der Waals surface area contributed by atoms with Crippen LogP contribution in [-0.2, 0) is 9.59 Å². The summed E-state index contributed by atoms with van der Waals surface area (Å²) in [4.78, 5) is 21.8. The van der Waals surface area contributed by atoms with Crippen LogP contribution in [0, 0.1) is 12.7 Å². The molecule has 0 spiro atoms. The molecule has 1 atom stereocenters. The van der Waals surface area contributed by atoms with Crippen molar-refractivity contribution in [3.63, 3.8) is 0 Å². The zero-order valence-corrected chi connectivity index (χ0v) is 8.95. The number of halogens is 1. The summed E-state index contributed by atoms with van der Waals surface area (Å²) in [6.07, 6.45) is 0. The van der Waals surface area contributed by atoms with Gasteiger partial charge in [-0.2, -0.15) is 0 Å². The number of aryl methyl sites for hydroxylation is 1. The maximum Gasteiger partial charge on any atom is 0.330 e. The molecule has 0 bridgehead atoms. The first-order chi connectivity index (χ1) is 7.41. The lowest BCUT2D eigenvalue weighted by atomic mass is 10.0. The van der Waals surface area contributed by atoms with Crippen LogP contribution in [0.5, 0.6) is 0 Å². The Balaban J connectivity index is 3.10. The third-order valence-electron chi connectivity index (χ3n) is 2.14. The fourth-order valence-corrected chi connectivity index (χ4v) is 1.44. The molecule has 16 heavy (non-hydrogen) atoms. The predicted octanol–water partition coefficient (Wildman–Crippen LogP) is 1.40. The smallest absolute Gasteiger partial charge is 0.330 e. The summed E-state index contributed by atoms with van der Waals surface area (Å²) in [6.45, 7) is 2.82. The number of nitrogens with one attached hydrogen (secondary N) is 1. The molecule has 0 fully saturated rings. The lowest BCUT2D eigenvalue weighted by Gasteiger charge is -2.15. The second kappa shape index (κ2) is 4.74. The van der Waals surface area contributed by atoms with Crippen molar-refractivity contribution in [1.29, 1.82) is 0 Å². The molecular formula is C11H12FNO3. The minimum atomic E-state index is -1.18. The van der Waals surface area contributed by atoms with Gasteiger partial charge >= 0.3 is 5.97 Å². The molecule has 0 aromatic heterocycles. The van der Waals surface area contributed by atoms with E-state index in [4.69, 9.17) is 5.11 Å². The highest BCUT2D eigenvalue weighted by Crippen LogP contribution is 2.19. The van der Waals surface area contributed by atoms with Crippen LogP contribution in [-0.4, -0.2) is 17.0 Å². The summed E-state index contributed by atoms with van der Waals surface area (Å²) in [6, 6.07) is 2.62. The quantitative estimate of drug-likeness (QED) is 0.817. The highest BCUT2D eigenvalue weighted by molar-refractivity contribution is 5.83. The minimum Gasteiger partial charge on any atom is -0.479 e. The van der Waals surface area contributed by atoms with Crippen molar-refractivity contribution in [2.24, 2.45) is 0 Å². The van der Waals surface area contributed by atoms with Gasteiger partial charge in [0.15, 0.2) is 6.04 Å². The molecule has 1 amide bonds. The van der Waals surface area contributed by atoms with Crippen LogP contribution >= 0.6 is 0 Å². The number of hydrogen-bond acceptors (Lipinski definition) is 2. The van der Waals surface area contributed by atoms with Crippen molar-refractivity contribution in [3.05, 3.63) is 35.1 Å². The number of rotatable bonds is 3. The van der Waals surface area contributed by atoms with Gasteiger partial charge in [-0.25, -0.2) is 9.18 Å². The number of carboxylic acid groups (broad SMARTS) is 1. The van der Waals surface area contributed by atoms with Gasteiger partial charge in [-0.05, 0) is 30.2 Å². The van der Waals surface area contributed by atoms with Gasteiger partial charge in [0.25, 0.3) is 0 Å². The predicted molar refractivity (Wildman–Crippen MR) is 55.3 cm³/mol. The maximum absolute atomic E-state index is 12.8. The van der Waals surface area contributed by atoms with Gasteiger partial charge < -0.3 is 10.4 Å². The van der Waals surface area contributed by atoms with Crippen LogP contribution in [0.4, 0.5) is 4.39 Å². The molecule has 1 aromatic carbocycles. The molecule has 86 valence electrons. The van der Waals surface area contributed by atoms with E-state index in [1.54, 1.807) is 6.92 Å². The Morgan fingerprint density at radius 1 is 1.44 bits per heavy atom. The van der Waals surface area contributed by atoms with Gasteiger partial charge in [-0.15, -0.1) is 0 Å². The molecule has 1 unspecified atom stereocenters. The van der Waals surface area contributed by atoms with E-state index in [1.807, 2.05) is 0 Å². The Bertz CT molecular complexity index is 431. The Morgan fingerprint density at radius 3 is 2.50 bits per heavy atom. The lowest BCUT2D eigenvalue weighted by Crippen LogP contribution is -2.32. The number of carboxylic acids is 1. The van der Waals surface area contributed by atoms with Crippen molar-refractivity contribution in [1.82, 2.24) is 5.32 Å². The van der Waals surface area contributed by atoms with E-state index in [9.17, 15) is 14.0 Å². The third kappa shape index (κ3) is 2.79. The molecule has 0 saturated heterocycles. The number of hydrogen-bond donors (Lipinski definition) is 2. The van der Waals surface area contributed by atoms with Gasteiger partial charge in [-0.1, -0.05) is 6.07 Å². The molecule has 0 aliphatic carbocycles. The largest absolute Gasteiger partial charge is 0.479 e. The minimum absolute atomic E-state index is 0.379. The molecule has 2 N–H and O–H groups in total. The zero-order valence-electron chi connectivity index (χ0n) is 8.95. The number of amides is 1. The number of benzene rings is 1. The first kappa shape index (κ1) is 12.2. The van der Waals surface area contributed by atoms with E-state index in [-0.39, 0.29) is 0 Å². The molecule has 4 nitrogen and oxygen atoms in total. The summed E-state index contributed by atoms with van der Waals surface area (Å²) in [5.74, 6) is -2.06. The van der Waals surface area contributed by atoms with Crippen LogP contribution in [0.15, 0.2) is 18.2 Å². The molecule has 1 aromatic rings. The van der Waals surface area contributed by atoms with Crippen molar-refractivity contribution < 1.29 is 19.1 Å². The van der Waals surface area contributed by atoms with Crippen LogP contribution in [0.1, 0.15) is 24.1 Å². The Kier molecular flexibility index (Phi) is 3.60.